The maximum atomic E-state index is 13.6. The second-order valence-electron chi connectivity index (χ2n) is 9.31. The summed E-state index contributed by atoms with van der Waals surface area (Å²) < 4.78 is 35.0. The highest BCUT2D eigenvalue weighted by Crippen LogP contribution is 2.22. The number of hydrogen-bond donors (Lipinski definition) is 1. The molecule has 0 bridgehead atoms. The monoisotopic (exact) mass is 521 g/mol. The van der Waals surface area contributed by atoms with Gasteiger partial charge in [-0.05, 0) is 55.2 Å². The van der Waals surface area contributed by atoms with Crippen molar-refractivity contribution >= 4 is 15.9 Å². The number of benzene rings is 3. The van der Waals surface area contributed by atoms with Gasteiger partial charge in [-0.3, -0.25) is 9.69 Å². The summed E-state index contributed by atoms with van der Waals surface area (Å²) >= 11 is 0. The predicted molar refractivity (Wildman–Crippen MR) is 145 cm³/mol. The Labute approximate surface area is 220 Å². The van der Waals surface area contributed by atoms with Crippen LogP contribution in [-0.4, -0.2) is 63.0 Å². The molecule has 1 amide bonds. The summed E-state index contributed by atoms with van der Waals surface area (Å²) in [6.07, 6.45) is 0.277. The molecule has 0 aromatic heterocycles. The van der Waals surface area contributed by atoms with Gasteiger partial charge in [-0.25, -0.2) is 8.42 Å². The van der Waals surface area contributed by atoms with Gasteiger partial charge in [0.2, 0.25) is 15.9 Å². The van der Waals surface area contributed by atoms with E-state index in [-0.39, 0.29) is 17.2 Å². The molecule has 1 atom stereocenters. The van der Waals surface area contributed by atoms with Gasteiger partial charge in [-0.2, -0.15) is 4.72 Å². The molecule has 0 unspecified atom stereocenters. The third-order valence-corrected chi connectivity index (χ3v) is 8.04. The van der Waals surface area contributed by atoms with Crippen LogP contribution in [-0.2, 0) is 27.8 Å². The predicted octanol–water partition coefficient (Wildman–Crippen LogP) is 3.63. The second-order valence-corrected chi connectivity index (χ2v) is 11.0. The number of sulfonamides is 1. The Kier molecular flexibility index (Phi) is 8.97. The third-order valence-electron chi connectivity index (χ3n) is 6.57. The van der Waals surface area contributed by atoms with Crippen molar-refractivity contribution in [3.8, 4) is 5.75 Å². The van der Waals surface area contributed by atoms with Gasteiger partial charge in [0.05, 0.1) is 11.5 Å². The van der Waals surface area contributed by atoms with E-state index in [1.165, 1.54) is 11.6 Å². The summed E-state index contributed by atoms with van der Waals surface area (Å²) in [5.41, 5.74) is 2.86. The van der Waals surface area contributed by atoms with Crippen molar-refractivity contribution in [1.29, 1.82) is 0 Å². The Bertz CT molecular complexity index is 1280. The molecule has 8 heteroatoms. The number of aryl methyl sites for hydroxylation is 1. The fraction of sp³-hybridized carbons (Fsp3) is 0.345. The number of hydrogen-bond acceptors (Lipinski definition) is 5. The smallest absolute Gasteiger partial charge is 0.241 e. The summed E-state index contributed by atoms with van der Waals surface area (Å²) in [5, 5.41) is 0. The number of carbonyl (C=O) groups excluding carboxylic acids is 1. The maximum Gasteiger partial charge on any atom is 0.241 e. The topological polar surface area (TPSA) is 78.9 Å². The lowest BCUT2D eigenvalue weighted by Crippen LogP contribution is -2.55. The Morgan fingerprint density at radius 2 is 1.54 bits per heavy atom. The van der Waals surface area contributed by atoms with E-state index in [2.05, 4.69) is 21.8 Å². The van der Waals surface area contributed by atoms with Crippen molar-refractivity contribution in [3.63, 3.8) is 0 Å². The number of ether oxygens (including phenoxy) is 1. The van der Waals surface area contributed by atoms with Crippen LogP contribution >= 0.6 is 0 Å². The van der Waals surface area contributed by atoms with Crippen LogP contribution in [0.1, 0.15) is 23.6 Å². The molecule has 1 N–H and O–H groups in total. The Hall–Kier alpha value is -3.20. The van der Waals surface area contributed by atoms with Crippen LogP contribution < -0.4 is 9.46 Å². The minimum Gasteiger partial charge on any atom is -0.494 e. The lowest BCUT2D eigenvalue weighted by molar-refractivity contribution is -0.134. The molecular formula is C29H35N3O4S. The number of rotatable bonds is 10. The third kappa shape index (κ3) is 7.19. The van der Waals surface area contributed by atoms with Crippen LogP contribution in [0.5, 0.6) is 5.75 Å². The van der Waals surface area contributed by atoms with Gasteiger partial charge in [0.25, 0.3) is 0 Å². The highest BCUT2D eigenvalue weighted by atomic mass is 32.2. The minimum absolute atomic E-state index is 0.118. The molecule has 7 nitrogen and oxygen atoms in total. The lowest BCUT2D eigenvalue weighted by Gasteiger charge is -2.36. The summed E-state index contributed by atoms with van der Waals surface area (Å²) in [6, 6.07) is 23.6. The van der Waals surface area contributed by atoms with E-state index in [1.54, 1.807) is 17.0 Å². The molecular weight excluding hydrogens is 486 g/mol. The van der Waals surface area contributed by atoms with E-state index in [4.69, 9.17) is 4.74 Å². The van der Waals surface area contributed by atoms with E-state index >= 15 is 0 Å². The molecule has 196 valence electrons. The zero-order valence-electron chi connectivity index (χ0n) is 21.5. The molecule has 1 aliphatic heterocycles. The molecule has 1 aliphatic rings. The first-order valence-electron chi connectivity index (χ1n) is 12.7. The Balaban J connectivity index is 1.48. The highest BCUT2D eigenvalue weighted by Gasteiger charge is 2.31. The van der Waals surface area contributed by atoms with Gasteiger partial charge in [0.1, 0.15) is 11.8 Å². The van der Waals surface area contributed by atoms with Crippen molar-refractivity contribution in [3.05, 3.63) is 95.6 Å². The average Bonchev–Trinajstić information content (AvgIpc) is 2.90. The molecule has 3 aromatic rings. The molecule has 0 radical (unpaired) electrons. The van der Waals surface area contributed by atoms with Crippen molar-refractivity contribution in [1.82, 2.24) is 14.5 Å². The van der Waals surface area contributed by atoms with Gasteiger partial charge in [-0.15, -0.1) is 0 Å². The van der Waals surface area contributed by atoms with E-state index in [9.17, 15) is 13.2 Å². The van der Waals surface area contributed by atoms with Crippen LogP contribution in [0.4, 0.5) is 0 Å². The molecule has 1 fully saturated rings. The summed E-state index contributed by atoms with van der Waals surface area (Å²) in [4.78, 5) is 17.9. The first-order valence-corrected chi connectivity index (χ1v) is 14.2. The van der Waals surface area contributed by atoms with Crippen LogP contribution in [0, 0.1) is 6.92 Å². The largest absolute Gasteiger partial charge is 0.494 e. The lowest BCUT2D eigenvalue weighted by atomic mass is 10.1. The van der Waals surface area contributed by atoms with E-state index in [0.717, 1.165) is 30.8 Å². The number of nitrogens with zero attached hydrogens (tertiary/aromatic N) is 2. The molecule has 3 aromatic carbocycles. The molecule has 0 spiro atoms. The number of nitrogens with one attached hydrogen (secondary N) is 1. The average molecular weight is 522 g/mol. The molecule has 1 heterocycles. The fourth-order valence-electron chi connectivity index (χ4n) is 4.58. The van der Waals surface area contributed by atoms with Crippen LogP contribution in [0.2, 0.25) is 0 Å². The zero-order valence-corrected chi connectivity index (χ0v) is 22.3. The summed E-state index contributed by atoms with van der Waals surface area (Å²) in [6.45, 7) is 7.62. The first kappa shape index (κ1) is 26.9. The van der Waals surface area contributed by atoms with E-state index in [1.807, 2.05) is 62.4 Å². The molecule has 0 aliphatic carbocycles. The van der Waals surface area contributed by atoms with Gasteiger partial charge in [0.15, 0.2) is 0 Å². The van der Waals surface area contributed by atoms with Gasteiger partial charge >= 0.3 is 0 Å². The molecule has 4 rings (SSSR count). The van der Waals surface area contributed by atoms with Crippen LogP contribution in [0.3, 0.4) is 0 Å². The zero-order chi connectivity index (χ0) is 26.3. The normalized spacial score (nSPS) is 15.4. The summed E-state index contributed by atoms with van der Waals surface area (Å²) in [5.74, 6) is 0.446. The van der Waals surface area contributed by atoms with Crippen molar-refractivity contribution in [2.24, 2.45) is 0 Å². The maximum absolute atomic E-state index is 13.6. The number of carbonyl (C=O) groups is 1. The van der Waals surface area contributed by atoms with Gasteiger partial charge in [-0.1, -0.05) is 60.7 Å². The molecule has 1 saturated heterocycles. The minimum atomic E-state index is -3.93. The van der Waals surface area contributed by atoms with E-state index < -0.39 is 16.1 Å². The number of piperazine rings is 1. The van der Waals surface area contributed by atoms with Crippen molar-refractivity contribution in [2.45, 2.75) is 37.8 Å². The molecule has 0 saturated carbocycles. The van der Waals surface area contributed by atoms with Crippen molar-refractivity contribution < 1.29 is 17.9 Å². The second kappa shape index (κ2) is 12.4. The van der Waals surface area contributed by atoms with Gasteiger partial charge in [0, 0.05) is 32.7 Å². The van der Waals surface area contributed by atoms with Crippen LogP contribution in [0.25, 0.3) is 0 Å². The van der Waals surface area contributed by atoms with Crippen LogP contribution in [0.15, 0.2) is 83.8 Å². The Morgan fingerprint density at radius 1 is 0.919 bits per heavy atom. The van der Waals surface area contributed by atoms with Crippen molar-refractivity contribution in [2.75, 3.05) is 32.8 Å². The fourth-order valence-corrected chi connectivity index (χ4v) is 5.85. The number of amides is 1. The van der Waals surface area contributed by atoms with Gasteiger partial charge < -0.3 is 9.64 Å². The Morgan fingerprint density at radius 3 is 2.14 bits per heavy atom. The standard InChI is InChI=1S/C29H35N3O4S/c1-3-36-28-15-14-26(20-23(28)2)37(34,35)30-27(21-24-10-6-4-7-11-24)29(33)32-18-16-31(17-19-32)22-25-12-8-5-9-13-25/h4-15,20,27,30H,3,16-19,21-22H2,1-2H3/t27-/m0/s1. The van der Waals surface area contributed by atoms with E-state index in [0.29, 0.717) is 25.4 Å². The quantitative estimate of drug-likeness (QED) is 0.441. The highest BCUT2D eigenvalue weighted by molar-refractivity contribution is 7.89. The SMILES string of the molecule is CCOc1ccc(S(=O)(=O)N[C@@H](Cc2ccccc2)C(=O)N2CCN(Cc3ccccc3)CC2)cc1C. The molecule has 37 heavy (non-hydrogen) atoms. The first-order chi connectivity index (χ1) is 17.9. The summed E-state index contributed by atoms with van der Waals surface area (Å²) in [7, 11) is -3.93.